The molecule has 2 aliphatic heterocycles. The second-order valence-electron chi connectivity index (χ2n) is 8.00. The highest BCUT2D eigenvalue weighted by Crippen LogP contribution is 2.21. The molecular weight excluding hydrogens is 414 g/mol. The Morgan fingerprint density at radius 3 is 2.39 bits per heavy atom. The van der Waals surface area contributed by atoms with Crippen molar-refractivity contribution in [3.8, 4) is 6.07 Å². The Balaban J connectivity index is 1.67. The third kappa shape index (κ3) is 6.39. The first-order chi connectivity index (χ1) is 15.0. The van der Waals surface area contributed by atoms with E-state index in [4.69, 9.17) is 10.00 Å². The molecule has 0 N–H and O–H groups in total. The third-order valence-corrected chi connectivity index (χ3v) is 7.79. The molecule has 1 aromatic carbocycles. The number of sulfonamides is 1. The van der Waals surface area contributed by atoms with E-state index < -0.39 is 10.0 Å². The highest BCUT2D eigenvalue weighted by atomic mass is 32.2. The summed E-state index contributed by atoms with van der Waals surface area (Å²) in [6.45, 7) is 2.79. The highest BCUT2D eigenvalue weighted by Gasteiger charge is 2.25. The van der Waals surface area contributed by atoms with E-state index in [1.165, 1.54) is 6.08 Å². The van der Waals surface area contributed by atoms with Gasteiger partial charge in [0.15, 0.2) is 0 Å². The summed E-state index contributed by atoms with van der Waals surface area (Å²) >= 11 is 0. The Labute approximate surface area is 185 Å². The molecule has 31 heavy (non-hydrogen) atoms. The van der Waals surface area contributed by atoms with Gasteiger partial charge >= 0.3 is 0 Å². The summed E-state index contributed by atoms with van der Waals surface area (Å²) in [4.78, 5) is 14.8. The van der Waals surface area contributed by atoms with Crippen molar-refractivity contribution in [3.63, 3.8) is 0 Å². The van der Waals surface area contributed by atoms with Crippen LogP contribution in [0.4, 0.5) is 0 Å². The molecule has 0 atom stereocenters. The Morgan fingerprint density at radius 2 is 1.77 bits per heavy atom. The van der Waals surface area contributed by atoms with Crippen molar-refractivity contribution in [2.24, 2.45) is 0 Å². The van der Waals surface area contributed by atoms with Crippen LogP contribution < -0.4 is 0 Å². The van der Waals surface area contributed by atoms with E-state index in [2.05, 4.69) is 6.07 Å². The van der Waals surface area contributed by atoms with E-state index >= 15 is 0 Å². The maximum Gasteiger partial charge on any atom is 0.246 e. The van der Waals surface area contributed by atoms with Crippen LogP contribution in [0.2, 0.25) is 0 Å². The average molecular weight is 446 g/mol. The number of rotatable bonds is 7. The molecule has 7 nitrogen and oxygen atoms in total. The third-order valence-electron chi connectivity index (χ3n) is 5.88. The van der Waals surface area contributed by atoms with Crippen molar-refractivity contribution in [3.05, 3.63) is 35.9 Å². The summed E-state index contributed by atoms with van der Waals surface area (Å²) < 4.78 is 32.7. The van der Waals surface area contributed by atoms with Crippen molar-refractivity contribution in [2.45, 2.75) is 55.9 Å². The molecule has 0 bridgehead atoms. The number of benzene rings is 1. The second-order valence-corrected chi connectivity index (χ2v) is 9.94. The molecule has 0 saturated carbocycles. The Hall–Kier alpha value is -2.21. The van der Waals surface area contributed by atoms with Gasteiger partial charge in [0.2, 0.25) is 15.9 Å². The maximum absolute atomic E-state index is 12.9. The molecule has 1 amide bonds. The molecule has 168 valence electrons. The number of nitriles is 1. The number of amides is 1. The molecule has 0 aliphatic carbocycles. The van der Waals surface area contributed by atoms with Gasteiger partial charge in [-0.15, -0.1) is 0 Å². The van der Waals surface area contributed by atoms with Crippen molar-refractivity contribution < 1.29 is 17.9 Å². The normalized spacial score (nSPS) is 19.1. The molecule has 2 saturated heterocycles. The van der Waals surface area contributed by atoms with Gasteiger partial charge in [-0.3, -0.25) is 4.79 Å². The molecule has 0 radical (unpaired) electrons. The number of ether oxygens (including phenoxy) is 1. The molecule has 2 aliphatic rings. The van der Waals surface area contributed by atoms with E-state index in [0.29, 0.717) is 39.3 Å². The first-order valence-electron chi connectivity index (χ1n) is 11.1. The van der Waals surface area contributed by atoms with Crippen LogP contribution in [0.1, 0.15) is 50.5 Å². The van der Waals surface area contributed by atoms with Crippen LogP contribution in [0.15, 0.2) is 35.2 Å². The molecule has 3 rings (SSSR count). The van der Waals surface area contributed by atoms with Crippen LogP contribution in [-0.4, -0.2) is 62.4 Å². The van der Waals surface area contributed by atoms with Crippen LogP contribution >= 0.6 is 0 Å². The molecule has 0 aromatic heterocycles. The van der Waals surface area contributed by atoms with Gasteiger partial charge in [0.25, 0.3) is 0 Å². The Bertz CT molecular complexity index is 892. The monoisotopic (exact) mass is 445 g/mol. The first kappa shape index (κ1) is 23.5. The predicted molar refractivity (Wildman–Crippen MR) is 118 cm³/mol. The van der Waals surface area contributed by atoms with Gasteiger partial charge in [-0.2, -0.15) is 9.57 Å². The average Bonchev–Trinajstić information content (AvgIpc) is 3.09. The van der Waals surface area contributed by atoms with Gasteiger partial charge < -0.3 is 9.64 Å². The minimum Gasteiger partial charge on any atom is -0.381 e. The first-order valence-corrected chi connectivity index (χ1v) is 12.5. The zero-order chi connectivity index (χ0) is 22.1. The molecule has 2 fully saturated rings. The SMILES string of the molecule is N#CCCN(C(=O)/C=C/c1ccc(S(=O)(=O)N2CCCCCC2)cc1)C1CCOCC1. The molecule has 0 spiro atoms. The Kier molecular flexibility index (Phi) is 8.64. The smallest absolute Gasteiger partial charge is 0.246 e. The van der Waals surface area contributed by atoms with Gasteiger partial charge in [0.1, 0.15) is 0 Å². The fourth-order valence-electron chi connectivity index (χ4n) is 4.09. The van der Waals surface area contributed by atoms with Crippen molar-refractivity contribution >= 4 is 22.0 Å². The van der Waals surface area contributed by atoms with Crippen molar-refractivity contribution in [1.29, 1.82) is 5.26 Å². The summed E-state index contributed by atoms with van der Waals surface area (Å²) in [6.07, 6.45) is 8.98. The van der Waals surface area contributed by atoms with E-state index in [9.17, 15) is 13.2 Å². The van der Waals surface area contributed by atoms with Crippen LogP contribution in [0.25, 0.3) is 6.08 Å². The Morgan fingerprint density at radius 1 is 1.13 bits per heavy atom. The quantitative estimate of drug-likeness (QED) is 0.601. The summed E-state index contributed by atoms with van der Waals surface area (Å²) in [5, 5.41) is 8.92. The van der Waals surface area contributed by atoms with Gasteiger partial charge in [0, 0.05) is 45.0 Å². The maximum atomic E-state index is 12.9. The van der Waals surface area contributed by atoms with Gasteiger partial charge in [-0.05, 0) is 49.5 Å². The second kappa shape index (κ2) is 11.4. The molecule has 0 unspecified atom stereocenters. The number of carbonyl (C=O) groups excluding carboxylic acids is 1. The van der Waals surface area contributed by atoms with Crippen molar-refractivity contribution in [2.75, 3.05) is 32.8 Å². The molecule has 1 aromatic rings. The van der Waals surface area contributed by atoms with Gasteiger partial charge in [-0.1, -0.05) is 25.0 Å². The number of nitrogens with zero attached hydrogens (tertiary/aromatic N) is 3. The largest absolute Gasteiger partial charge is 0.381 e. The lowest BCUT2D eigenvalue weighted by molar-refractivity contribution is -0.130. The lowest BCUT2D eigenvalue weighted by Gasteiger charge is -2.33. The van der Waals surface area contributed by atoms with E-state index in [1.54, 1.807) is 39.5 Å². The highest BCUT2D eigenvalue weighted by molar-refractivity contribution is 7.89. The zero-order valence-corrected chi connectivity index (χ0v) is 18.7. The van der Waals surface area contributed by atoms with E-state index in [1.807, 2.05) is 0 Å². The summed E-state index contributed by atoms with van der Waals surface area (Å²) in [5.41, 5.74) is 0.760. The topological polar surface area (TPSA) is 90.7 Å². The number of carbonyl (C=O) groups is 1. The van der Waals surface area contributed by atoms with E-state index in [-0.39, 0.29) is 16.8 Å². The fourth-order valence-corrected chi connectivity index (χ4v) is 5.60. The van der Waals surface area contributed by atoms with Crippen LogP contribution in [0.3, 0.4) is 0 Å². The van der Waals surface area contributed by atoms with Crippen LogP contribution in [0.5, 0.6) is 0 Å². The van der Waals surface area contributed by atoms with Gasteiger partial charge in [0.05, 0.1) is 17.4 Å². The fraction of sp³-hybridized carbons (Fsp3) is 0.565. The zero-order valence-electron chi connectivity index (χ0n) is 17.9. The van der Waals surface area contributed by atoms with Crippen molar-refractivity contribution in [1.82, 2.24) is 9.21 Å². The lowest BCUT2D eigenvalue weighted by Crippen LogP contribution is -2.43. The molecule has 8 heteroatoms. The predicted octanol–water partition coefficient (Wildman–Crippen LogP) is 3.19. The molecule has 2 heterocycles. The summed E-state index contributed by atoms with van der Waals surface area (Å²) in [6, 6.07) is 8.86. The summed E-state index contributed by atoms with van der Waals surface area (Å²) in [5.74, 6) is -0.136. The van der Waals surface area contributed by atoms with Crippen LogP contribution in [0, 0.1) is 11.3 Å². The number of hydrogen-bond acceptors (Lipinski definition) is 5. The minimum atomic E-state index is -3.48. The van der Waals surface area contributed by atoms with Crippen LogP contribution in [-0.2, 0) is 19.6 Å². The minimum absolute atomic E-state index is 0.0837. The van der Waals surface area contributed by atoms with Gasteiger partial charge in [-0.25, -0.2) is 8.42 Å². The lowest BCUT2D eigenvalue weighted by atomic mass is 10.1. The summed E-state index contributed by atoms with van der Waals surface area (Å²) in [7, 11) is -3.48. The standard InChI is InChI=1S/C23H31N3O4S/c24-14-5-17-26(21-12-18-30-19-13-21)23(27)11-8-20-6-9-22(10-7-20)31(28,29)25-15-3-1-2-4-16-25/h6-11,21H,1-5,12-13,15-19H2/b11-8+. The molecular formula is C23H31N3O4S. The number of hydrogen-bond donors (Lipinski definition) is 0. The van der Waals surface area contributed by atoms with E-state index in [0.717, 1.165) is 44.1 Å².